The average molecular weight is 668 g/mol. The molecule has 0 aromatic heterocycles. The van der Waals surface area contributed by atoms with Gasteiger partial charge in [-0.25, -0.2) is 4.79 Å². The van der Waals surface area contributed by atoms with Gasteiger partial charge in [0.15, 0.2) is 6.04 Å². The third-order valence-electron chi connectivity index (χ3n) is 6.81. The van der Waals surface area contributed by atoms with E-state index in [-0.39, 0.29) is 25.7 Å². The van der Waals surface area contributed by atoms with E-state index >= 15 is 0 Å². The van der Waals surface area contributed by atoms with E-state index in [1.54, 1.807) is 30.3 Å². The summed E-state index contributed by atoms with van der Waals surface area (Å²) >= 11 is 0. The number of hydrogen-bond acceptors (Lipinski definition) is 11. The molecule has 1 aromatic rings. The number of carboxylic acids is 2. The molecule has 0 unspecified atom stereocenters. The number of hydrogen-bond donors (Lipinski definition) is 11. The van der Waals surface area contributed by atoms with Crippen LogP contribution < -0.4 is 38.1 Å². The lowest BCUT2D eigenvalue weighted by Crippen LogP contribution is -2.58. The van der Waals surface area contributed by atoms with E-state index in [4.69, 9.17) is 16.6 Å². The molecule has 0 aliphatic rings. The Kier molecular flexibility index (Phi) is 18.2. The summed E-state index contributed by atoms with van der Waals surface area (Å²) in [5, 5.41) is 49.1. The van der Waals surface area contributed by atoms with Crippen LogP contribution in [0.2, 0.25) is 0 Å². The van der Waals surface area contributed by atoms with Gasteiger partial charge in [0.25, 0.3) is 0 Å². The van der Waals surface area contributed by atoms with Crippen molar-refractivity contribution >= 4 is 41.5 Å². The highest BCUT2D eigenvalue weighted by molar-refractivity contribution is 5.95. The first-order valence-electron chi connectivity index (χ1n) is 14.9. The number of unbranched alkanes of at least 4 members (excludes halogenated alkanes) is 1. The maximum absolute atomic E-state index is 13.2. The predicted molar refractivity (Wildman–Crippen MR) is 165 cm³/mol. The number of aliphatic carboxylic acids is 2. The zero-order chi connectivity index (χ0) is 35.5. The number of amides is 5. The van der Waals surface area contributed by atoms with Gasteiger partial charge in [-0.1, -0.05) is 30.3 Å². The van der Waals surface area contributed by atoms with Crippen LogP contribution >= 0.6 is 0 Å². The third-order valence-corrected chi connectivity index (χ3v) is 6.81. The zero-order valence-corrected chi connectivity index (χ0v) is 26.0. The Hall–Kier alpha value is -4.65. The van der Waals surface area contributed by atoms with Crippen LogP contribution in [-0.4, -0.2) is 118 Å². The van der Waals surface area contributed by atoms with Gasteiger partial charge in [0.05, 0.1) is 25.3 Å². The van der Waals surface area contributed by atoms with E-state index in [1.165, 1.54) is 6.92 Å². The van der Waals surface area contributed by atoms with Gasteiger partial charge < -0.3 is 58.5 Å². The second-order valence-electron chi connectivity index (χ2n) is 10.7. The molecule has 5 amide bonds. The highest BCUT2D eigenvalue weighted by atomic mass is 16.4. The molecule has 18 nitrogen and oxygen atoms in total. The number of aliphatic hydroxyl groups is 2. The van der Waals surface area contributed by atoms with Crippen molar-refractivity contribution in [1.82, 2.24) is 26.6 Å². The normalized spacial score (nSPS) is 14.7. The molecule has 0 saturated heterocycles. The topological polar surface area (TPSA) is 313 Å². The van der Waals surface area contributed by atoms with Crippen molar-refractivity contribution in [2.75, 3.05) is 19.7 Å². The Balaban J connectivity index is 2.91. The maximum atomic E-state index is 13.2. The molecule has 0 saturated carbocycles. The molecule has 0 spiro atoms. The van der Waals surface area contributed by atoms with Gasteiger partial charge in [0.1, 0.15) is 18.1 Å². The number of nitrogens with two attached hydrogens (primary N) is 2. The summed E-state index contributed by atoms with van der Waals surface area (Å²) in [5.74, 6) is -7.07. The minimum absolute atomic E-state index is 0.0440. The van der Waals surface area contributed by atoms with E-state index < -0.39 is 90.9 Å². The summed E-state index contributed by atoms with van der Waals surface area (Å²) < 4.78 is 0. The Labute approximate surface area is 271 Å². The number of nitrogens with one attached hydrogen (secondary N) is 5. The zero-order valence-electron chi connectivity index (χ0n) is 26.0. The molecule has 47 heavy (non-hydrogen) atoms. The van der Waals surface area contributed by atoms with E-state index in [0.29, 0.717) is 24.9 Å². The Morgan fingerprint density at radius 3 is 1.96 bits per heavy atom. The molecule has 0 aliphatic heterocycles. The highest BCUT2D eigenvalue weighted by Gasteiger charge is 2.31. The molecule has 6 atom stereocenters. The minimum Gasteiger partial charge on any atom is -0.481 e. The quantitative estimate of drug-likeness (QED) is 0.0527. The maximum Gasteiger partial charge on any atom is 0.328 e. The van der Waals surface area contributed by atoms with Crippen molar-refractivity contribution in [3.63, 3.8) is 0 Å². The highest BCUT2D eigenvalue weighted by Crippen LogP contribution is 2.06. The van der Waals surface area contributed by atoms with E-state index in [9.17, 15) is 48.9 Å². The fraction of sp³-hybridized carbons (Fsp3) is 0.552. The number of carboxylic acid groups (broad SMARTS) is 2. The number of carbonyl (C=O) groups is 7. The minimum atomic E-state index is -1.64. The van der Waals surface area contributed by atoms with Crippen molar-refractivity contribution in [3.8, 4) is 0 Å². The molecule has 1 rings (SSSR count). The van der Waals surface area contributed by atoms with Gasteiger partial charge in [0.2, 0.25) is 29.5 Å². The molecule has 262 valence electrons. The number of benzene rings is 1. The van der Waals surface area contributed by atoms with E-state index in [0.717, 1.165) is 0 Å². The van der Waals surface area contributed by atoms with Gasteiger partial charge in [0, 0.05) is 12.8 Å². The van der Waals surface area contributed by atoms with Crippen molar-refractivity contribution in [2.45, 2.75) is 81.8 Å². The first-order chi connectivity index (χ1) is 22.2. The van der Waals surface area contributed by atoms with E-state index in [2.05, 4.69) is 26.6 Å². The van der Waals surface area contributed by atoms with Crippen LogP contribution in [0.4, 0.5) is 0 Å². The second-order valence-corrected chi connectivity index (χ2v) is 10.7. The summed E-state index contributed by atoms with van der Waals surface area (Å²) in [5.41, 5.74) is 11.9. The molecule has 1 aromatic carbocycles. The van der Waals surface area contributed by atoms with Crippen molar-refractivity contribution in [2.24, 2.45) is 11.5 Å². The summed E-state index contributed by atoms with van der Waals surface area (Å²) in [6.45, 7) is -0.135. The lowest BCUT2D eigenvalue weighted by atomic mass is 10.0. The molecule has 0 bridgehead atoms. The molecule has 0 aliphatic carbocycles. The molecular weight excluding hydrogens is 622 g/mol. The fourth-order valence-electron chi connectivity index (χ4n) is 4.15. The fourth-order valence-corrected chi connectivity index (χ4v) is 4.15. The molecule has 0 radical (unpaired) electrons. The first-order valence-corrected chi connectivity index (χ1v) is 14.9. The van der Waals surface area contributed by atoms with Gasteiger partial charge in [-0.15, -0.1) is 0 Å². The van der Waals surface area contributed by atoms with Gasteiger partial charge >= 0.3 is 11.9 Å². The Bertz CT molecular complexity index is 1220. The lowest BCUT2D eigenvalue weighted by molar-refractivity contribution is -0.145. The largest absolute Gasteiger partial charge is 0.481 e. The molecule has 0 heterocycles. The summed E-state index contributed by atoms with van der Waals surface area (Å²) in [6, 6.07) is 1.53. The van der Waals surface area contributed by atoms with Crippen LogP contribution in [0.15, 0.2) is 30.3 Å². The lowest BCUT2D eigenvalue weighted by Gasteiger charge is -2.24. The van der Waals surface area contributed by atoms with Gasteiger partial charge in [-0.05, 0) is 44.7 Å². The second kappa shape index (κ2) is 21.2. The molecule has 13 N–H and O–H groups in total. The number of aliphatic hydroxyl groups excluding tert-OH is 2. The standard InChI is InChI=1S/C29H45N7O11/c1-16(38)24(29(46)47)36-27(44)19(9-5-6-12-30)33-22(39)14-32-26(43)21(15-37)35-28(45)20(13-17-7-3-2-4-8-17)34-25(42)18(31)10-11-23(40)41/h2-4,7-8,16,18-21,24,37-38H,5-6,9-15,30-31H2,1H3,(H,32,43)(H,33,39)(H,34,42)(H,35,45)(H,36,44)(H,40,41)(H,46,47)/t16-,18+,19+,20+,21+,24+/m1/s1. The first kappa shape index (κ1) is 40.4. The Morgan fingerprint density at radius 1 is 0.787 bits per heavy atom. The van der Waals surface area contributed by atoms with E-state index in [1.807, 2.05) is 0 Å². The molecule has 18 heteroatoms. The number of carbonyl (C=O) groups excluding carboxylic acids is 5. The summed E-state index contributed by atoms with van der Waals surface area (Å²) in [7, 11) is 0. The SMILES string of the molecule is C[C@@H](O)[C@H](NC(=O)[C@H](CCCCN)NC(=O)CNC(=O)[C@H](CO)NC(=O)[C@H](Cc1ccccc1)NC(=O)[C@@H](N)CCC(=O)O)C(=O)O. The number of rotatable bonds is 22. The van der Waals surface area contributed by atoms with Crippen molar-refractivity contribution in [1.29, 1.82) is 0 Å². The molecule has 0 fully saturated rings. The monoisotopic (exact) mass is 667 g/mol. The third kappa shape index (κ3) is 15.5. The van der Waals surface area contributed by atoms with Gasteiger partial charge in [-0.3, -0.25) is 28.8 Å². The smallest absolute Gasteiger partial charge is 0.328 e. The Morgan fingerprint density at radius 2 is 1.40 bits per heavy atom. The van der Waals surface area contributed by atoms with Crippen LogP contribution in [0.3, 0.4) is 0 Å². The molecular formula is C29H45N7O11. The van der Waals surface area contributed by atoms with Crippen LogP contribution in [0.1, 0.15) is 44.6 Å². The van der Waals surface area contributed by atoms with Crippen molar-refractivity contribution < 1.29 is 54.0 Å². The van der Waals surface area contributed by atoms with Crippen LogP contribution in [-0.2, 0) is 40.0 Å². The predicted octanol–water partition coefficient (Wildman–Crippen LogP) is -3.94. The van der Waals surface area contributed by atoms with Crippen LogP contribution in [0.5, 0.6) is 0 Å². The van der Waals surface area contributed by atoms with Crippen molar-refractivity contribution in [3.05, 3.63) is 35.9 Å². The summed E-state index contributed by atoms with van der Waals surface area (Å²) in [6.07, 6.45) is -1.10. The van der Waals surface area contributed by atoms with Crippen LogP contribution in [0.25, 0.3) is 0 Å². The summed E-state index contributed by atoms with van der Waals surface area (Å²) in [4.78, 5) is 86.1. The van der Waals surface area contributed by atoms with Crippen LogP contribution in [0, 0.1) is 0 Å². The van der Waals surface area contributed by atoms with Gasteiger partial charge in [-0.2, -0.15) is 0 Å². The average Bonchev–Trinajstić information content (AvgIpc) is 3.02.